The van der Waals surface area contributed by atoms with Crippen LogP contribution >= 0.6 is 0 Å². The van der Waals surface area contributed by atoms with E-state index in [2.05, 4.69) is 15.0 Å². The van der Waals surface area contributed by atoms with Crippen molar-refractivity contribution in [2.75, 3.05) is 5.73 Å². The molecule has 0 bridgehead atoms. The summed E-state index contributed by atoms with van der Waals surface area (Å²) in [6.45, 7) is 0. The Morgan fingerprint density at radius 3 is 2.72 bits per heavy atom. The maximum absolute atomic E-state index is 12.2. The van der Waals surface area contributed by atoms with Gasteiger partial charge in [0.2, 0.25) is 0 Å². The van der Waals surface area contributed by atoms with Gasteiger partial charge >= 0.3 is 5.97 Å². The minimum Gasteiger partial charge on any atom is -0.459 e. The van der Waals surface area contributed by atoms with E-state index in [1.54, 1.807) is 24.3 Å². The van der Waals surface area contributed by atoms with Crippen molar-refractivity contribution < 1.29 is 24.5 Å². The van der Waals surface area contributed by atoms with Crippen molar-refractivity contribution in [3.05, 3.63) is 48.5 Å². The van der Waals surface area contributed by atoms with Gasteiger partial charge in [0.25, 0.3) is 0 Å². The number of imidazole rings is 1. The Balaban J connectivity index is 1.32. The Bertz CT molecular complexity index is 1070. The first kappa shape index (κ1) is 18.0. The van der Waals surface area contributed by atoms with Gasteiger partial charge in [-0.1, -0.05) is 18.2 Å². The van der Waals surface area contributed by atoms with Gasteiger partial charge in [0.1, 0.15) is 35.8 Å². The fourth-order valence-corrected chi connectivity index (χ4v) is 4.05. The van der Waals surface area contributed by atoms with E-state index in [-0.39, 0.29) is 18.7 Å². The SMILES string of the molecule is Nc1ncnc2c1ncn2[C@@H]1OC2(CC(OC(=O)c3ccccc3)C2)[C@@H](O)[C@H]1O. The van der Waals surface area contributed by atoms with E-state index >= 15 is 0 Å². The van der Waals surface area contributed by atoms with E-state index < -0.39 is 36.1 Å². The number of anilines is 1. The van der Waals surface area contributed by atoms with Gasteiger partial charge in [-0.15, -0.1) is 0 Å². The van der Waals surface area contributed by atoms with Crippen LogP contribution in [0, 0.1) is 0 Å². The molecule has 1 saturated carbocycles. The summed E-state index contributed by atoms with van der Waals surface area (Å²) in [6, 6.07) is 8.69. The fourth-order valence-electron chi connectivity index (χ4n) is 4.05. The van der Waals surface area contributed by atoms with Gasteiger partial charge in [-0.2, -0.15) is 0 Å². The van der Waals surface area contributed by atoms with Crippen LogP contribution in [-0.4, -0.2) is 59.6 Å². The molecule has 1 spiro atoms. The van der Waals surface area contributed by atoms with E-state index in [1.165, 1.54) is 17.2 Å². The second kappa shape index (κ2) is 6.48. The first-order valence-corrected chi connectivity index (χ1v) is 9.21. The lowest BCUT2D eigenvalue weighted by Crippen LogP contribution is -2.56. The normalized spacial score (nSPS) is 31.1. The van der Waals surface area contributed by atoms with Crippen LogP contribution in [0.2, 0.25) is 0 Å². The van der Waals surface area contributed by atoms with Gasteiger partial charge < -0.3 is 25.4 Å². The van der Waals surface area contributed by atoms with Crippen LogP contribution in [0.3, 0.4) is 0 Å². The van der Waals surface area contributed by atoms with Crippen LogP contribution in [-0.2, 0) is 9.47 Å². The minimum atomic E-state index is -1.20. The van der Waals surface area contributed by atoms with Gasteiger partial charge in [0, 0.05) is 12.8 Å². The average Bonchev–Trinajstić information content (AvgIpc) is 3.24. The molecule has 2 aromatic heterocycles. The number of nitrogen functional groups attached to an aromatic ring is 1. The maximum Gasteiger partial charge on any atom is 0.338 e. The third-order valence-corrected chi connectivity index (χ3v) is 5.60. The second-order valence-corrected chi connectivity index (χ2v) is 7.39. The molecule has 10 nitrogen and oxygen atoms in total. The quantitative estimate of drug-likeness (QED) is 0.535. The zero-order valence-electron chi connectivity index (χ0n) is 15.3. The van der Waals surface area contributed by atoms with Crippen LogP contribution < -0.4 is 5.73 Å². The number of aliphatic hydroxyl groups is 2. The van der Waals surface area contributed by atoms with Gasteiger partial charge in [-0.05, 0) is 12.1 Å². The van der Waals surface area contributed by atoms with E-state index in [0.717, 1.165) is 0 Å². The van der Waals surface area contributed by atoms with Gasteiger partial charge in [0.15, 0.2) is 17.7 Å². The monoisotopic (exact) mass is 397 g/mol. The molecule has 1 saturated heterocycles. The van der Waals surface area contributed by atoms with Crippen molar-refractivity contribution in [1.82, 2.24) is 19.5 Å². The Labute approximate surface area is 164 Å². The first-order chi connectivity index (χ1) is 14.0. The van der Waals surface area contributed by atoms with Gasteiger partial charge in [0.05, 0.1) is 11.9 Å². The number of esters is 1. The fraction of sp³-hybridized carbons (Fsp3) is 0.368. The highest BCUT2D eigenvalue weighted by atomic mass is 16.6. The third kappa shape index (κ3) is 2.76. The molecule has 1 aliphatic carbocycles. The molecule has 10 heteroatoms. The Morgan fingerprint density at radius 1 is 1.21 bits per heavy atom. The van der Waals surface area contributed by atoms with E-state index in [4.69, 9.17) is 15.2 Å². The molecule has 0 amide bonds. The number of hydrogen-bond acceptors (Lipinski definition) is 9. The van der Waals surface area contributed by atoms with E-state index in [0.29, 0.717) is 16.7 Å². The average molecular weight is 397 g/mol. The molecule has 2 aliphatic rings. The summed E-state index contributed by atoms with van der Waals surface area (Å²) < 4.78 is 13.1. The van der Waals surface area contributed by atoms with Crippen LogP contribution in [0.4, 0.5) is 5.82 Å². The lowest BCUT2D eigenvalue weighted by atomic mass is 9.73. The number of benzene rings is 1. The van der Waals surface area contributed by atoms with Crippen LogP contribution in [0.25, 0.3) is 11.2 Å². The molecule has 1 aromatic carbocycles. The molecular formula is C19H19N5O5. The summed E-state index contributed by atoms with van der Waals surface area (Å²) in [4.78, 5) is 24.4. The van der Waals surface area contributed by atoms with Gasteiger partial charge in [-0.25, -0.2) is 19.7 Å². The highest BCUT2D eigenvalue weighted by molar-refractivity contribution is 5.89. The van der Waals surface area contributed by atoms with Crippen LogP contribution in [0.15, 0.2) is 43.0 Å². The van der Waals surface area contributed by atoms with Crippen molar-refractivity contribution in [2.45, 2.75) is 43.0 Å². The number of carbonyl (C=O) groups excluding carboxylic acids is 1. The minimum absolute atomic E-state index is 0.216. The summed E-state index contributed by atoms with van der Waals surface area (Å²) in [5.74, 6) is -0.212. The number of nitrogens with two attached hydrogens (primary N) is 1. The van der Waals surface area contributed by atoms with Gasteiger partial charge in [-0.3, -0.25) is 4.57 Å². The highest BCUT2D eigenvalue weighted by Gasteiger charge is 2.62. The number of hydrogen-bond donors (Lipinski definition) is 3. The number of aliphatic hydroxyl groups excluding tert-OH is 2. The molecular weight excluding hydrogens is 378 g/mol. The summed E-state index contributed by atoms with van der Waals surface area (Å²) in [5.41, 5.74) is 6.06. The smallest absolute Gasteiger partial charge is 0.338 e. The molecule has 29 heavy (non-hydrogen) atoms. The van der Waals surface area contributed by atoms with Crippen molar-refractivity contribution in [3.63, 3.8) is 0 Å². The molecule has 150 valence electrons. The number of ether oxygens (including phenoxy) is 2. The van der Waals surface area contributed by atoms with Crippen LogP contribution in [0.5, 0.6) is 0 Å². The number of nitrogens with zero attached hydrogens (tertiary/aromatic N) is 4. The molecule has 3 aromatic rings. The molecule has 3 atom stereocenters. The van der Waals surface area contributed by atoms with Crippen molar-refractivity contribution in [2.24, 2.45) is 0 Å². The van der Waals surface area contributed by atoms with Crippen molar-refractivity contribution >= 4 is 23.0 Å². The Kier molecular flexibility index (Phi) is 4.02. The number of aromatic nitrogens is 4. The molecule has 4 N–H and O–H groups in total. The molecule has 0 unspecified atom stereocenters. The summed E-state index contributed by atoms with van der Waals surface area (Å²) in [7, 11) is 0. The van der Waals surface area contributed by atoms with Crippen molar-refractivity contribution in [3.8, 4) is 0 Å². The molecule has 3 heterocycles. The summed E-state index contributed by atoms with van der Waals surface area (Å²) in [6.07, 6.45) is -0.332. The van der Waals surface area contributed by atoms with Crippen molar-refractivity contribution in [1.29, 1.82) is 0 Å². The summed E-state index contributed by atoms with van der Waals surface area (Å²) in [5, 5.41) is 21.2. The number of rotatable bonds is 3. The van der Waals surface area contributed by atoms with Crippen LogP contribution in [0.1, 0.15) is 29.4 Å². The molecule has 2 fully saturated rings. The largest absolute Gasteiger partial charge is 0.459 e. The summed E-state index contributed by atoms with van der Waals surface area (Å²) >= 11 is 0. The Morgan fingerprint density at radius 2 is 1.97 bits per heavy atom. The zero-order valence-corrected chi connectivity index (χ0v) is 15.3. The van der Waals surface area contributed by atoms with E-state index in [9.17, 15) is 15.0 Å². The predicted molar refractivity (Wildman–Crippen MR) is 99.5 cm³/mol. The molecule has 1 aliphatic heterocycles. The standard InChI is InChI=1S/C19H19N5O5/c20-15-12-16(22-8-21-15)24(9-23-12)17-13(25)14(26)19(29-17)6-11(7-19)28-18(27)10-4-2-1-3-5-10/h1-5,8-9,11,13-14,17,25-26H,6-7H2,(H2,20,21,22)/t11?,13-,14+,17-,19?/m1/s1. The van der Waals surface area contributed by atoms with E-state index in [1.807, 2.05) is 6.07 Å². The number of carbonyl (C=O) groups is 1. The third-order valence-electron chi connectivity index (χ3n) is 5.60. The predicted octanol–water partition coefficient (Wildman–Crippen LogP) is 0.417. The second-order valence-electron chi connectivity index (χ2n) is 7.39. The molecule has 0 radical (unpaired) electrons. The number of fused-ring (bicyclic) bond motifs is 1. The topological polar surface area (TPSA) is 146 Å². The molecule has 5 rings (SSSR count). The first-order valence-electron chi connectivity index (χ1n) is 9.21. The lowest BCUT2D eigenvalue weighted by Gasteiger charge is -2.45. The maximum atomic E-state index is 12.2. The Hall–Kier alpha value is -3.08. The highest BCUT2D eigenvalue weighted by Crippen LogP contribution is 2.50. The lowest BCUT2D eigenvalue weighted by molar-refractivity contribution is -0.189. The zero-order chi connectivity index (χ0) is 20.2.